The SMILES string of the molecule is COC(=O)[C@]1(C)CCC[C@@]2(C)[C@H]1[C@H](OC(=O)c1ccccc1)C[C@H]1C[C@H](OC(C)=O)[C@@]3(C)CC[C@]12C3. The Morgan fingerprint density at radius 3 is 2.31 bits per heavy atom. The van der Waals surface area contributed by atoms with Crippen LogP contribution in [0, 0.1) is 33.5 Å². The molecular formula is C30H40O6. The van der Waals surface area contributed by atoms with Gasteiger partial charge in [0.05, 0.1) is 18.1 Å². The quantitative estimate of drug-likeness (QED) is 0.391. The van der Waals surface area contributed by atoms with Gasteiger partial charge in [0.25, 0.3) is 0 Å². The van der Waals surface area contributed by atoms with Gasteiger partial charge in [0.15, 0.2) is 0 Å². The van der Waals surface area contributed by atoms with E-state index in [0.29, 0.717) is 12.0 Å². The zero-order chi connectivity index (χ0) is 25.9. The van der Waals surface area contributed by atoms with Crippen LogP contribution in [0.3, 0.4) is 0 Å². The number of hydrogen-bond acceptors (Lipinski definition) is 6. The lowest BCUT2D eigenvalue weighted by Gasteiger charge is -2.68. The molecule has 36 heavy (non-hydrogen) atoms. The fraction of sp³-hybridized carbons (Fsp3) is 0.700. The second-order valence-corrected chi connectivity index (χ2v) is 12.7. The van der Waals surface area contributed by atoms with E-state index in [1.54, 1.807) is 12.1 Å². The molecule has 0 heterocycles. The molecule has 6 heteroatoms. The summed E-state index contributed by atoms with van der Waals surface area (Å²) in [7, 11) is 1.46. The van der Waals surface area contributed by atoms with Crippen molar-refractivity contribution in [2.45, 2.75) is 91.3 Å². The van der Waals surface area contributed by atoms with Gasteiger partial charge >= 0.3 is 17.9 Å². The van der Waals surface area contributed by atoms with Crippen LogP contribution in [0.5, 0.6) is 0 Å². The number of benzene rings is 1. The smallest absolute Gasteiger partial charge is 0.338 e. The maximum absolute atomic E-state index is 13.4. The standard InChI is InChI=1S/C30H40O6/c1-19(31)35-23-17-21-16-22(36-25(32)20-10-7-6-8-11-20)24-28(3,26(33)34-5)12-9-13-29(24,4)30(21)15-14-27(23,2)18-30/h6-8,10-11,21-24H,9,12-18H2,1-5H3/t21-,22+,23-,24-,27-,28+,29-,30-/m0/s1. The van der Waals surface area contributed by atoms with Crippen molar-refractivity contribution < 1.29 is 28.6 Å². The molecule has 196 valence electrons. The molecule has 6 nitrogen and oxygen atoms in total. The molecule has 2 bridgehead atoms. The summed E-state index contributed by atoms with van der Waals surface area (Å²) in [5, 5.41) is 0. The minimum Gasteiger partial charge on any atom is -0.469 e. The van der Waals surface area contributed by atoms with E-state index in [1.165, 1.54) is 14.0 Å². The van der Waals surface area contributed by atoms with Crippen LogP contribution in [0.1, 0.15) is 89.4 Å². The number of carbonyl (C=O) groups excluding carboxylic acids is 3. The zero-order valence-electron chi connectivity index (χ0n) is 22.3. The van der Waals surface area contributed by atoms with Crippen LogP contribution in [0.4, 0.5) is 0 Å². The summed E-state index contributed by atoms with van der Waals surface area (Å²) in [4.78, 5) is 38.7. The molecular weight excluding hydrogens is 456 g/mol. The molecule has 1 spiro atoms. The van der Waals surface area contributed by atoms with Gasteiger partial charge in [0.1, 0.15) is 12.2 Å². The van der Waals surface area contributed by atoms with E-state index in [4.69, 9.17) is 14.2 Å². The maximum Gasteiger partial charge on any atom is 0.338 e. The summed E-state index contributed by atoms with van der Waals surface area (Å²) in [6.45, 7) is 8.14. The first-order valence-electron chi connectivity index (χ1n) is 13.5. The Kier molecular flexibility index (Phi) is 6.04. The fourth-order valence-electron chi connectivity index (χ4n) is 9.45. The summed E-state index contributed by atoms with van der Waals surface area (Å²) in [6, 6.07) is 9.08. The van der Waals surface area contributed by atoms with Gasteiger partial charge in [-0.2, -0.15) is 0 Å². The number of fused-ring (bicyclic) bond motifs is 2. The summed E-state index contributed by atoms with van der Waals surface area (Å²) in [5.74, 6) is -0.665. The van der Waals surface area contributed by atoms with Crippen molar-refractivity contribution >= 4 is 17.9 Å². The first-order chi connectivity index (χ1) is 17.0. The summed E-state index contributed by atoms with van der Waals surface area (Å²) < 4.78 is 17.6. The topological polar surface area (TPSA) is 78.9 Å². The second-order valence-electron chi connectivity index (χ2n) is 12.7. The van der Waals surface area contributed by atoms with Crippen molar-refractivity contribution in [3.63, 3.8) is 0 Å². The number of rotatable bonds is 4. The Bertz CT molecular complexity index is 1050. The normalized spacial score (nSPS) is 43.0. The van der Waals surface area contributed by atoms with Gasteiger partial charge in [-0.05, 0) is 80.8 Å². The van der Waals surface area contributed by atoms with Crippen LogP contribution in [-0.4, -0.2) is 37.2 Å². The van der Waals surface area contributed by atoms with Crippen LogP contribution in [0.2, 0.25) is 0 Å². The van der Waals surface area contributed by atoms with E-state index in [2.05, 4.69) is 13.8 Å². The lowest BCUT2D eigenvalue weighted by molar-refractivity contribution is -0.236. The molecule has 0 aromatic heterocycles. The maximum atomic E-state index is 13.4. The lowest BCUT2D eigenvalue weighted by atomic mass is 9.37. The monoisotopic (exact) mass is 496 g/mol. The zero-order valence-corrected chi connectivity index (χ0v) is 22.3. The predicted molar refractivity (Wildman–Crippen MR) is 134 cm³/mol. The van der Waals surface area contributed by atoms with Gasteiger partial charge in [-0.1, -0.05) is 38.5 Å². The highest BCUT2D eigenvalue weighted by atomic mass is 16.6. The molecule has 1 aromatic rings. The molecule has 0 radical (unpaired) electrons. The van der Waals surface area contributed by atoms with Crippen molar-refractivity contribution in [2.24, 2.45) is 33.5 Å². The van der Waals surface area contributed by atoms with Crippen LogP contribution in [0.15, 0.2) is 30.3 Å². The molecule has 4 aliphatic carbocycles. The van der Waals surface area contributed by atoms with E-state index >= 15 is 0 Å². The number of hydrogen-bond donors (Lipinski definition) is 0. The summed E-state index contributed by atoms with van der Waals surface area (Å²) in [6.07, 6.45) is 6.63. The number of carbonyl (C=O) groups is 3. The Labute approximate surface area is 214 Å². The Hall–Kier alpha value is -2.37. The van der Waals surface area contributed by atoms with Crippen LogP contribution in [0.25, 0.3) is 0 Å². The van der Waals surface area contributed by atoms with E-state index in [1.807, 2.05) is 25.1 Å². The van der Waals surface area contributed by atoms with Crippen molar-refractivity contribution in [3.05, 3.63) is 35.9 Å². The van der Waals surface area contributed by atoms with Crippen LogP contribution in [-0.2, 0) is 23.8 Å². The Balaban J connectivity index is 1.58. The van der Waals surface area contributed by atoms with E-state index in [0.717, 1.165) is 44.9 Å². The van der Waals surface area contributed by atoms with E-state index in [-0.39, 0.29) is 52.1 Å². The molecule has 5 rings (SSSR count). The Morgan fingerprint density at radius 2 is 1.64 bits per heavy atom. The van der Waals surface area contributed by atoms with Gasteiger partial charge in [0.2, 0.25) is 0 Å². The highest BCUT2D eigenvalue weighted by molar-refractivity contribution is 5.89. The van der Waals surface area contributed by atoms with E-state index in [9.17, 15) is 14.4 Å². The molecule has 0 saturated heterocycles. The molecule has 0 amide bonds. The predicted octanol–water partition coefficient (Wildman–Crippen LogP) is 5.73. The van der Waals surface area contributed by atoms with Crippen LogP contribution < -0.4 is 0 Å². The molecule has 0 N–H and O–H groups in total. The largest absolute Gasteiger partial charge is 0.469 e. The first kappa shape index (κ1) is 25.3. The molecule has 8 atom stereocenters. The van der Waals surface area contributed by atoms with Gasteiger partial charge in [-0.25, -0.2) is 4.79 Å². The average molecular weight is 497 g/mol. The van der Waals surface area contributed by atoms with Gasteiger partial charge in [0, 0.05) is 18.3 Å². The average Bonchev–Trinajstić information content (AvgIpc) is 3.16. The molecule has 1 aromatic carbocycles. The van der Waals surface area contributed by atoms with Gasteiger partial charge in [-0.15, -0.1) is 0 Å². The third-order valence-electron chi connectivity index (χ3n) is 10.9. The minimum absolute atomic E-state index is 0.0222. The number of ether oxygens (including phenoxy) is 3. The van der Waals surface area contributed by atoms with Crippen molar-refractivity contribution in [2.75, 3.05) is 7.11 Å². The van der Waals surface area contributed by atoms with Crippen molar-refractivity contribution in [1.29, 1.82) is 0 Å². The Morgan fingerprint density at radius 1 is 0.917 bits per heavy atom. The van der Waals surface area contributed by atoms with E-state index < -0.39 is 11.5 Å². The molecule has 4 saturated carbocycles. The van der Waals surface area contributed by atoms with Crippen LogP contribution >= 0.6 is 0 Å². The highest BCUT2D eigenvalue weighted by Crippen LogP contribution is 2.76. The lowest BCUT2D eigenvalue weighted by Crippen LogP contribution is -2.66. The number of esters is 3. The third-order valence-corrected chi connectivity index (χ3v) is 10.9. The molecule has 0 aliphatic heterocycles. The second kappa shape index (κ2) is 8.59. The van der Waals surface area contributed by atoms with Gasteiger partial charge in [-0.3, -0.25) is 9.59 Å². The number of methoxy groups -OCH3 is 1. The van der Waals surface area contributed by atoms with Crippen molar-refractivity contribution in [3.8, 4) is 0 Å². The summed E-state index contributed by atoms with van der Waals surface area (Å²) >= 11 is 0. The highest BCUT2D eigenvalue weighted by Gasteiger charge is 2.73. The van der Waals surface area contributed by atoms with Crippen molar-refractivity contribution in [1.82, 2.24) is 0 Å². The molecule has 0 unspecified atom stereocenters. The minimum atomic E-state index is -0.727. The molecule has 4 fully saturated rings. The first-order valence-corrected chi connectivity index (χ1v) is 13.5. The van der Waals surface area contributed by atoms with Gasteiger partial charge < -0.3 is 14.2 Å². The third kappa shape index (κ3) is 3.53. The molecule has 4 aliphatic rings. The fourth-order valence-corrected chi connectivity index (χ4v) is 9.45. The summed E-state index contributed by atoms with van der Waals surface area (Å²) in [5.41, 5.74) is -0.450.